The zero-order chi connectivity index (χ0) is 11.0. The molecule has 0 radical (unpaired) electrons. The molecule has 0 bridgehead atoms. The van der Waals surface area contributed by atoms with Gasteiger partial charge in [-0.2, -0.15) is 5.10 Å². The molecule has 0 aromatic carbocycles. The van der Waals surface area contributed by atoms with E-state index < -0.39 is 5.97 Å². The van der Waals surface area contributed by atoms with E-state index in [9.17, 15) is 4.79 Å². The van der Waals surface area contributed by atoms with Gasteiger partial charge in [0, 0.05) is 13.2 Å². The lowest BCUT2D eigenvalue weighted by Crippen LogP contribution is -2.03. The van der Waals surface area contributed by atoms with E-state index in [0.29, 0.717) is 16.1 Å². The minimum atomic E-state index is -0.502. The van der Waals surface area contributed by atoms with Gasteiger partial charge in [0.05, 0.1) is 29.3 Å². The van der Waals surface area contributed by atoms with Gasteiger partial charge in [0.1, 0.15) is 0 Å². The van der Waals surface area contributed by atoms with E-state index in [1.165, 1.54) is 13.3 Å². The van der Waals surface area contributed by atoms with Crippen molar-refractivity contribution < 1.29 is 9.53 Å². The lowest BCUT2D eigenvalue weighted by atomic mass is 10.2. The second kappa shape index (κ2) is 3.51. The normalized spacial score (nSPS) is 10.6. The molecule has 5 nitrogen and oxygen atoms in total. The highest BCUT2D eigenvalue weighted by atomic mass is 35.5. The van der Waals surface area contributed by atoms with E-state index in [1.54, 1.807) is 17.9 Å². The summed E-state index contributed by atoms with van der Waals surface area (Å²) in [6.07, 6.45) is 2.95. The van der Waals surface area contributed by atoms with Crippen molar-refractivity contribution in [1.29, 1.82) is 0 Å². The van der Waals surface area contributed by atoms with Crippen molar-refractivity contribution in [2.45, 2.75) is 0 Å². The standard InChI is InChI=1S/C9H8ClN3O2/c1-13-8-5(4-12-13)7(10)6(3-11-8)9(14)15-2/h3-4H,1-2H3. The molecule has 0 N–H and O–H groups in total. The number of esters is 1. The van der Waals surface area contributed by atoms with Crippen molar-refractivity contribution in [2.75, 3.05) is 7.11 Å². The van der Waals surface area contributed by atoms with Gasteiger partial charge in [0.25, 0.3) is 0 Å². The summed E-state index contributed by atoms with van der Waals surface area (Å²) in [6, 6.07) is 0. The molecule has 0 saturated heterocycles. The van der Waals surface area contributed by atoms with Crippen LogP contribution in [0.4, 0.5) is 0 Å². The SMILES string of the molecule is COC(=O)c1cnc2c(cnn2C)c1Cl. The fourth-order valence-corrected chi connectivity index (χ4v) is 1.58. The van der Waals surface area contributed by atoms with Gasteiger partial charge in [-0.25, -0.2) is 9.78 Å². The Kier molecular flexibility index (Phi) is 2.32. The quantitative estimate of drug-likeness (QED) is 0.689. The highest BCUT2D eigenvalue weighted by molar-refractivity contribution is 6.38. The molecule has 2 rings (SSSR count). The Bertz CT molecular complexity index is 535. The second-order valence-corrected chi connectivity index (χ2v) is 3.36. The van der Waals surface area contributed by atoms with Crippen molar-refractivity contribution in [3.05, 3.63) is 23.0 Å². The Morgan fingerprint density at radius 3 is 2.93 bits per heavy atom. The Morgan fingerprint density at radius 2 is 2.27 bits per heavy atom. The number of carbonyl (C=O) groups is 1. The molecule has 0 aliphatic rings. The van der Waals surface area contributed by atoms with E-state index >= 15 is 0 Å². The molecule has 2 heterocycles. The van der Waals surface area contributed by atoms with Crippen LogP contribution in [0.25, 0.3) is 11.0 Å². The number of aryl methyl sites for hydroxylation is 1. The Morgan fingerprint density at radius 1 is 1.53 bits per heavy atom. The van der Waals surface area contributed by atoms with Gasteiger partial charge in [-0.3, -0.25) is 4.68 Å². The molecule has 0 amide bonds. The molecule has 0 aliphatic heterocycles. The van der Waals surface area contributed by atoms with Crippen LogP contribution in [0.3, 0.4) is 0 Å². The molecule has 15 heavy (non-hydrogen) atoms. The lowest BCUT2D eigenvalue weighted by molar-refractivity contribution is 0.0600. The summed E-state index contributed by atoms with van der Waals surface area (Å²) in [5.74, 6) is -0.502. The van der Waals surface area contributed by atoms with Gasteiger partial charge < -0.3 is 4.74 Å². The summed E-state index contributed by atoms with van der Waals surface area (Å²) in [4.78, 5) is 15.4. The van der Waals surface area contributed by atoms with Gasteiger partial charge in [-0.1, -0.05) is 11.6 Å². The third-order valence-corrected chi connectivity index (χ3v) is 2.51. The number of nitrogens with zero attached hydrogens (tertiary/aromatic N) is 3. The first-order valence-electron chi connectivity index (χ1n) is 4.19. The summed E-state index contributed by atoms with van der Waals surface area (Å²) < 4.78 is 6.17. The summed E-state index contributed by atoms with van der Waals surface area (Å²) in [5.41, 5.74) is 0.882. The van der Waals surface area contributed by atoms with E-state index in [0.717, 1.165) is 0 Å². The van der Waals surface area contributed by atoms with Crippen LogP contribution >= 0.6 is 11.6 Å². The first-order chi connectivity index (χ1) is 7.15. The molecule has 0 unspecified atom stereocenters. The van der Waals surface area contributed by atoms with Gasteiger partial charge >= 0.3 is 5.97 Å². The summed E-state index contributed by atoms with van der Waals surface area (Å²) in [6.45, 7) is 0. The zero-order valence-corrected chi connectivity index (χ0v) is 8.95. The van der Waals surface area contributed by atoms with Gasteiger partial charge in [-0.15, -0.1) is 0 Å². The topological polar surface area (TPSA) is 57.0 Å². The largest absolute Gasteiger partial charge is 0.465 e. The number of hydrogen-bond acceptors (Lipinski definition) is 4. The number of halogens is 1. The number of carbonyl (C=O) groups excluding carboxylic acids is 1. The molecule has 6 heteroatoms. The maximum Gasteiger partial charge on any atom is 0.340 e. The number of pyridine rings is 1. The molecule has 2 aromatic heterocycles. The summed E-state index contributed by atoms with van der Waals surface area (Å²) >= 11 is 6.03. The third kappa shape index (κ3) is 1.45. The lowest BCUT2D eigenvalue weighted by Gasteiger charge is -2.02. The minimum Gasteiger partial charge on any atom is -0.465 e. The van der Waals surface area contributed by atoms with Crippen molar-refractivity contribution in [3.63, 3.8) is 0 Å². The predicted molar refractivity (Wildman–Crippen MR) is 54.9 cm³/mol. The van der Waals surface area contributed by atoms with Gasteiger partial charge in [0.15, 0.2) is 5.65 Å². The zero-order valence-electron chi connectivity index (χ0n) is 8.19. The molecular weight excluding hydrogens is 218 g/mol. The number of ether oxygens (including phenoxy) is 1. The molecule has 78 valence electrons. The van der Waals surface area contributed by atoms with Crippen molar-refractivity contribution in [2.24, 2.45) is 7.05 Å². The minimum absolute atomic E-state index is 0.250. The first kappa shape index (κ1) is 9.92. The molecule has 0 atom stereocenters. The molecule has 0 saturated carbocycles. The van der Waals surface area contributed by atoms with Crippen LogP contribution < -0.4 is 0 Å². The maximum atomic E-state index is 11.3. The van der Waals surface area contributed by atoms with Crippen molar-refractivity contribution in [1.82, 2.24) is 14.8 Å². The summed E-state index contributed by atoms with van der Waals surface area (Å²) in [7, 11) is 3.05. The van der Waals surface area contributed by atoms with Crippen LogP contribution in [0, 0.1) is 0 Å². The van der Waals surface area contributed by atoms with Crippen LogP contribution in [0.15, 0.2) is 12.4 Å². The van der Waals surface area contributed by atoms with E-state index in [2.05, 4.69) is 14.8 Å². The van der Waals surface area contributed by atoms with E-state index in [-0.39, 0.29) is 5.56 Å². The fourth-order valence-electron chi connectivity index (χ4n) is 1.32. The number of hydrogen-bond donors (Lipinski definition) is 0. The van der Waals surface area contributed by atoms with Crippen LogP contribution in [0.2, 0.25) is 5.02 Å². The molecule has 2 aromatic rings. The highest BCUT2D eigenvalue weighted by Gasteiger charge is 2.15. The highest BCUT2D eigenvalue weighted by Crippen LogP contribution is 2.25. The number of methoxy groups -OCH3 is 1. The summed E-state index contributed by atoms with van der Waals surface area (Å²) in [5, 5.41) is 4.96. The number of rotatable bonds is 1. The van der Waals surface area contributed by atoms with Crippen LogP contribution in [0.5, 0.6) is 0 Å². The molecule has 0 aliphatic carbocycles. The average molecular weight is 226 g/mol. The monoisotopic (exact) mass is 225 g/mol. The van der Waals surface area contributed by atoms with E-state index in [4.69, 9.17) is 11.6 Å². The van der Waals surface area contributed by atoms with Crippen LogP contribution in [-0.2, 0) is 11.8 Å². The molecule has 0 spiro atoms. The Balaban J connectivity index is 2.71. The van der Waals surface area contributed by atoms with Crippen molar-refractivity contribution >= 4 is 28.6 Å². The molecular formula is C9H8ClN3O2. The smallest absolute Gasteiger partial charge is 0.340 e. The van der Waals surface area contributed by atoms with Crippen LogP contribution in [0.1, 0.15) is 10.4 Å². The van der Waals surface area contributed by atoms with E-state index in [1.807, 2.05) is 0 Å². The number of fused-ring (bicyclic) bond motifs is 1. The second-order valence-electron chi connectivity index (χ2n) is 2.98. The van der Waals surface area contributed by atoms with Gasteiger partial charge in [0.2, 0.25) is 0 Å². The maximum absolute atomic E-state index is 11.3. The Hall–Kier alpha value is -1.62. The Labute approximate surface area is 90.6 Å². The third-order valence-electron chi connectivity index (χ3n) is 2.10. The number of aromatic nitrogens is 3. The van der Waals surface area contributed by atoms with Crippen LogP contribution in [-0.4, -0.2) is 27.8 Å². The molecule has 0 fully saturated rings. The fraction of sp³-hybridized carbons (Fsp3) is 0.222. The average Bonchev–Trinajstić information content (AvgIpc) is 2.61. The van der Waals surface area contributed by atoms with Gasteiger partial charge in [-0.05, 0) is 0 Å². The first-order valence-corrected chi connectivity index (χ1v) is 4.57. The predicted octanol–water partition coefficient (Wildman–Crippen LogP) is 1.41. The van der Waals surface area contributed by atoms with Crippen molar-refractivity contribution in [3.8, 4) is 0 Å².